The van der Waals surface area contributed by atoms with Crippen LogP contribution in [0, 0.1) is 13.8 Å². The van der Waals surface area contributed by atoms with Gasteiger partial charge < -0.3 is 5.32 Å². The van der Waals surface area contributed by atoms with Crippen molar-refractivity contribution >= 4 is 11.6 Å². The Morgan fingerprint density at radius 3 is 2.30 bits per heavy atom. The van der Waals surface area contributed by atoms with Gasteiger partial charge in [0.05, 0.1) is 11.4 Å². The van der Waals surface area contributed by atoms with Crippen LogP contribution >= 0.6 is 0 Å². The van der Waals surface area contributed by atoms with E-state index in [1.165, 1.54) is 0 Å². The molecule has 0 aliphatic rings. The summed E-state index contributed by atoms with van der Waals surface area (Å²) in [4.78, 5) is 17.7. The Bertz CT molecular complexity index is 1370. The average molecular weight is 436 g/mol. The standard InChI is InChI=1S/C24H20N8O/c1-16-13-14-19(15-21(16)31-17(2)27-29-30-31)25-24(33)22-26-23(18-9-5-3-6-10-18)32(28-22)20-11-7-4-8-12-20/h3-15H,1-2H3,(H,25,33). The maximum atomic E-state index is 13.1. The van der Waals surface area contributed by atoms with Crippen molar-refractivity contribution in [1.82, 2.24) is 35.0 Å². The number of hydrogen-bond donors (Lipinski definition) is 1. The van der Waals surface area contributed by atoms with Crippen molar-refractivity contribution in [2.24, 2.45) is 0 Å². The van der Waals surface area contributed by atoms with E-state index in [-0.39, 0.29) is 5.82 Å². The van der Waals surface area contributed by atoms with Crippen molar-refractivity contribution in [3.63, 3.8) is 0 Å². The number of aryl methyl sites for hydroxylation is 2. The summed E-state index contributed by atoms with van der Waals surface area (Å²) in [5.41, 5.74) is 4.02. The van der Waals surface area contributed by atoms with Gasteiger partial charge in [0.1, 0.15) is 0 Å². The number of benzene rings is 3. The second kappa shape index (κ2) is 8.46. The van der Waals surface area contributed by atoms with Crippen LogP contribution in [-0.4, -0.2) is 40.9 Å². The van der Waals surface area contributed by atoms with E-state index >= 15 is 0 Å². The largest absolute Gasteiger partial charge is 0.319 e. The number of carbonyl (C=O) groups is 1. The first-order valence-corrected chi connectivity index (χ1v) is 10.4. The number of nitrogens with one attached hydrogen (secondary N) is 1. The maximum Gasteiger partial charge on any atom is 0.295 e. The lowest BCUT2D eigenvalue weighted by molar-refractivity contribution is 0.101. The summed E-state index contributed by atoms with van der Waals surface area (Å²) in [6, 6.07) is 24.8. The first-order chi connectivity index (χ1) is 16.1. The smallest absolute Gasteiger partial charge is 0.295 e. The Kier molecular flexibility index (Phi) is 5.19. The number of aromatic nitrogens is 7. The minimum atomic E-state index is -0.412. The molecule has 2 heterocycles. The Morgan fingerprint density at radius 2 is 1.61 bits per heavy atom. The fourth-order valence-electron chi connectivity index (χ4n) is 3.49. The molecule has 0 saturated heterocycles. The third-order valence-corrected chi connectivity index (χ3v) is 5.16. The third-order valence-electron chi connectivity index (χ3n) is 5.16. The predicted molar refractivity (Wildman–Crippen MR) is 123 cm³/mol. The number of rotatable bonds is 5. The Balaban J connectivity index is 1.50. The van der Waals surface area contributed by atoms with Crippen molar-refractivity contribution in [3.05, 3.63) is 96.1 Å². The summed E-state index contributed by atoms with van der Waals surface area (Å²) in [7, 11) is 0. The summed E-state index contributed by atoms with van der Waals surface area (Å²) >= 11 is 0. The molecule has 0 saturated carbocycles. The maximum absolute atomic E-state index is 13.1. The Labute approximate surface area is 189 Å². The first-order valence-electron chi connectivity index (χ1n) is 10.4. The van der Waals surface area contributed by atoms with Gasteiger partial charge in [0, 0.05) is 11.3 Å². The van der Waals surface area contributed by atoms with E-state index in [1.807, 2.05) is 92.7 Å². The van der Waals surface area contributed by atoms with Crippen LogP contribution in [0.3, 0.4) is 0 Å². The van der Waals surface area contributed by atoms with Gasteiger partial charge in [0.2, 0.25) is 5.82 Å². The number of anilines is 1. The number of amides is 1. The zero-order valence-corrected chi connectivity index (χ0v) is 18.0. The van der Waals surface area contributed by atoms with Gasteiger partial charge in [-0.15, -0.1) is 10.2 Å². The van der Waals surface area contributed by atoms with Gasteiger partial charge in [-0.05, 0) is 54.1 Å². The molecule has 0 unspecified atom stereocenters. The fourth-order valence-corrected chi connectivity index (χ4v) is 3.49. The van der Waals surface area contributed by atoms with Gasteiger partial charge >= 0.3 is 0 Å². The highest BCUT2D eigenvalue weighted by Crippen LogP contribution is 2.23. The van der Waals surface area contributed by atoms with E-state index < -0.39 is 5.91 Å². The van der Waals surface area contributed by atoms with Gasteiger partial charge in [0.25, 0.3) is 5.91 Å². The Morgan fingerprint density at radius 1 is 0.879 bits per heavy atom. The summed E-state index contributed by atoms with van der Waals surface area (Å²) in [6.07, 6.45) is 0. The lowest BCUT2D eigenvalue weighted by atomic mass is 10.1. The zero-order chi connectivity index (χ0) is 22.8. The quantitative estimate of drug-likeness (QED) is 0.450. The molecule has 2 aromatic heterocycles. The lowest BCUT2D eigenvalue weighted by Crippen LogP contribution is -2.15. The van der Waals surface area contributed by atoms with Gasteiger partial charge in [-0.3, -0.25) is 4.79 Å². The van der Waals surface area contributed by atoms with Crippen LogP contribution < -0.4 is 5.32 Å². The normalized spacial score (nSPS) is 10.8. The molecule has 33 heavy (non-hydrogen) atoms. The molecule has 0 spiro atoms. The van der Waals surface area contributed by atoms with Crippen LogP contribution in [0.2, 0.25) is 0 Å². The third kappa shape index (κ3) is 3.99. The molecule has 9 nitrogen and oxygen atoms in total. The van der Waals surface area contributed by atoms with Gasteiger partial charge in [-0.2, -0.15) is 4.68 Å². The highest BCUT2D eigenvalue weighted by atomic mass is 16.2. The van der Waals surface area contributed by atoms with E-state index in [2.05, 4.69) is 30.9 Å². The van der Waals surface area contributed by atoms with Gasteiger partial charge in [-0.1, -0.05) is 54.6 Å². The van der Waals surface area contributed by atoms with Crippen LogP contribution in [0.1, 0.15) is 22.0 Å². The predicted octanol–water partition coefficient (Wildman–Crippen LogP) is 3.78. The monoisotopic (exact) mass is 436 g/mol. The van der Waals surface area contributed by atoms with E-state index in [0.717, 1.165) is 22.5 Å². The van der Waals surface area contributed by atoms with Crippen molar-refractivity contribution in [2.75, 3.05) is 5.32 Å². The van der Waals surface area contributed by atoms with Crippen LogP contribution in [0.15, 0.2) is 78.9 Å². The molecule has 0 atom stereocenters. The highest BCUT2D eigenvalue weighted by molar-refractivity contribution is 6.02. The van der Waals surface area contributed by atoms with Crippen LogP contribution in [0.5, 0.6) is 0 Å². The minimum absolute atomic E-state index is 0.0680. The number of hydrogen-bond acceptors (Lipinski definition) is 6. The van der Waals surface area contributed by atoms with E-state index in [1.54, 1.807) is 9.36 Å². The molecule has 0 fully saturated rings. The highest BCUT2D eigenvalue weighted by Gasteiger charge is 2.19. The molecule has 0 bridgehead atoms. The molecule has 0 radical (unpaired) electrons. The van der Waals surface area contributed by atoms with Gasteiger partial charge in [0.15, 0.2) is 11.6 Å². The molecule has 5 aromatic rings. The molecular formula is C24H20N8O. The van der Waals surface area contributed by atoms with Crippen molar-refractivity contribution < 1.29 is 4.79 Å². The number of para-hydroxylation sites is 1. The van der Waals surface area contributed by atoms with E-state index in [0.29, 0.717) is 17.3 Å². The van der Waals surface area contributed by atoms with Gasteiger partial charge in [-0.25, -0.2) is 9.67 Å². The van der Waals surface area contributed by atoms with Crippen LogP contribution in [0.25, 0.3) is 22.8 Å². The second-order valence-corrected chi connectivity index (χ2v) is 7.47. The summed E-state index contributed by atoms with van der Waals surface area (Å²) < 4.78 is 3.30. The van der Waals surface area contributed by atoms with Crippen LogP contribution in [0.4, 0.5) is 5.69 Å². The average Bonchev–Trinajstić information content (AvgIpc) is 3.48. The molecule has 3 aromatic carbocycles. The minimum Gasteiger partial charge on any atom is -0.319 e. The lowest BCUT2D eigenvalue weighted by Gasteiger charge is -2.09. The topological polar surface area (TPSA) is 103 Å². The molecule has 0 aliphatic heterocycles. The van der Waals surface area contributed by atoms with Crippen molar-refractivity contribution in [2.45, 2.75) is 13.8 Å². The molecule has 162 valence electrons. The molecule has 1 N–H and O–H groups in total. The van der Waals surface area contributed by atoms with E-state index in [4.69, 9.17) is 0 Å². The summed E-state index contributed by atoms with van der Waals surface area (Å²) in [5.74, 6) is 0.891. The van der Waals surface area contributed by atoms with Crippen LogP contribution in [-0.2, 0) is 0 Å². The van der Waals surface area contributed by atoms with Crippen molar-refractivity contribution in [1.29, 1.82) is 0 Å². The van der Waals surface area contributed by atoms with Crippen molar-refractivity contribution in [3.8, 4) is 22.8 Å². The number of nitrogens with zero attached hydrogens (tertiary/aromatic N) is 7. The number of tetrazole rings is 1. The summed E-state index contributed by atoms with van der Waals surface area (Å²) in [6.45, 7) is 3.77. The van der Waals surface area contributed by atoms with E-state index in [9.17, 15) is 4.79 Å². The summed E-state index contributed by atoms with van der Waals surface area (Å²) in [5, 5.41) is 19.1. The molecular weight excluding hydrogens is 416 g/mol. The first kappa shape index (κ1) is 20.3. The molecule has 0 aliphatic carbocycles. The molecule has 9 heteroatoms. The molecule has 1 amide bonds. The molecule has 5 rings (SSSR count). The number of carbonyl (C=O) groups excluding carboxylic acids is 1. The fraction of sp³-hybridized carbons (Fsp3) is 0.0833. The Hall–Kier alpha value is -4.66. The zero-order valence-electron chi connectivity index (χ0n) is 18.0. The second-order valence-electron chi connectivity index (χ2n) is 7.47. The SMILES string of the molecule is Cc1ccc(NC(=O)c2nc(-c3ccccc3)n(-c3ccccc3)n2)cc1-n1nnnc1C.